The molecular formula is C16H23N3O. The summed E-state index contributed by atoms with van der Waals surface area (Å²) in [5.41, 5.74) is 1.26. The number of nitrogens with one attached hydrogen (secondary N) is 1. The lowest BCUT2D eigenvalue weighted by atomic mass is 10.1. The second-order valence-corrected chi connectivity index (χ2v) is 4.87. The maximum atomic E-state index is 5.79. The maximum Gasteiger partial charge on any atom is 0.119 e. The van der Waals surface area contributed by atoms with Crippen molar-refractivity contribution in [3.8, 4) is 5.75 Å². The number of nitrogens with zero attached hydrogens (tertiary/aromatic N) is 2. The lowest BCUT2D eigenvalue weighted by Crippen LogP contribution is -2.19. The molecule has 20 heavy (non-hydrogen) atoms. The van der Waals surface area contributed by atoms with Gasteiger partial charge in [-0.25, -0.2) is 0 Å². The predicted octanol–water partition coefficient (Wildman–Crippen LogP) is 3.02. The number of hydrogen-bond acceptors (Lipinski definition) is 3. The van der Waals surface area contributed by atoms with E-state index in [4.69, 9.17) is 4.74 Å². The molecule has 1 unspecified atom stereocenters. The van der Waals surface area contributed by atoms with Crippen molar-refractivity contribution in [3.05, 3.63) is 48.3 Å². The molecule has 1 N–H and O–H groups in total. The van der Waals surface area contributed by atoms with Gasteiger partial charge in [0.05, 0.1) is 6.54 Å². The Hall–Kier alpha value is -1.81. The van der Waals surface area contributed by atoms with Crippen LogP contribution in [0.15, 0.2) is 42.7 Å². The molecule has 0 aliphatic rings. The van der Waals surface area contributed by atoms with E-state index in [0.29, 0.717) is 12.6 Å². The number of ether oxygens (including phenoxy) is 1. The van der Waals surface area contributed by atoms with Gasteiger partial charge >= 0.3 is 0 Å². The van der Waals surface area contributed by atoms with Gasteiger partial charge in [0.25, 0.3) is 0 Å². The first-order chi connectivity index (χ1) is 9.79. The molecule has 2 rings (SSSR count). The Labute approximate surface area is 120 Å². The molecule has 0 radical (unpaired) electrons. The van der Waals surface area contributed by atoms with Gasteiger partial charge in [-0.15, -0.1) is 0 Å². The van der Waals surface area contributed by atoms with Crippen LogP contribution in [0.2, 0.25) is 0 Å². The van der Waals surface area contributed by atoms with E-state index in [2.05, 4.69) is 36.4 Å². The molecule has 2 aromatic rings. The molecule has 108 valence electrons. The van der Waals surface area contributed by atoms with E-state index >= 15 is 0 Å². The van der Waals surface area contributed by atoms with E-state index in [1.807, 2.05) is 29.1 Å². The van der Waals surface area contributed by atoms with Crippen LogP contribution in [0.25, 0.3) is 0 Å². The third-order valence-corrected chi connectivity index (χ3v) is 3.21. The van der Waals surface area contributed by atoms with E-state index in [1.165, 1.54) is 5.56 Å². The molecule has 0 saturated carbocycles. The lowest BCUT2D eigenvalue weighted by molar-refractivity contribution is 0.291. The van der Waals surface area contributed by atoms with Crippen molar-refractivity contribution in [2.45, 2.75) is 32.9 Å². The molecule has 0 spiro atoms. The zero-order valence-electron chi connectivity index (χ0n) is 12.2. The summed E-state index contributed by atoms with van der Waals surface area (Å²) in [6.45, 7) is 6.78. The van der Waals surface area contributed by atoms with Crippen molar-refractivity contribution in [3.63, 3.8) is 0 Å². The van der Waals surface area contributed by atoms with E-state index in [-0.39, 0.29) is 0 Å². The second-order valence-electron chi connectivity index (χ2n) is 4.87. The van der Waals surface area contributed by atoms with Gasteiger partial charge in [0.15, 0.2) is 0 Å². The van der Waals surface area contributed by atoms with Crippen LogP contribution in [0.1, 0.15) is 31.9 Å². The van der Waals surface area contributed by atoms with Gasteiger partial charge in [-0.2, -0.15) is 5.10 Å². The summed E-state index contributed by atoms with van der Waals surface area (Å²) in [5.74, 6) is 0.916. The molecule has 0 fully saturated rings. The van der Waals surface area contributed by atoms with E-state index < -0.39 is 0 Å². The van der Waals surface area contributed by atoms with Crippen LogP contribution in [0.3, 0.4) is 0 Å². The number of benzene rings is 1. The quantitative estimate of drug-likeness (QED) is 0.803. The minimum atomic E-state index is 0.351. The van der Waals surface area contributed by atoms with Crippen molar-refractivity contribution < 1.29 is 4.74 Å². The van der Waals surface area contributed by atoms with Gasteiger partial charge in [0, 0.05) is 18.4 Å². The standard InChI is InChI=1S/C16H23N3O/c1-3-8-17-14(2)15-6-4-7-16(13-15)20-12-11-19-10-5-9-18-19/h4-7,9-10,13-14,17H,3,8,11-12H2,1-2H3. The first-order valence-electron chi connectivity index (χ1n) is 7.23. The Morgan fingerprint density at radius 3 is 3.00 bits per heavy atom. The summed E-state index contributed by atoms with van der Waals surface area (Å²) >= 11 is 0. The van der Waals surface area contributed by atoms with Crippen molar-refractivity contribution >= 4 is 0 Å². The van der Waals surface area contributed by atoms with Gasteiger partial charge in [-0.1, -0.05) is 19.1 Å². The van der Waals surface area contributed by atoms with Gasteiger partial charge in [-0.3, -0.25) is 4.68 Å². The first kappa shape index (κ1) is 14.6. The van der Waals surface area contributed by atoms with Gasteiger partial charge in [-0.05, 0) is 43.7 Å². The monoisotopic (exact) mass is 273 g/mol. The topological polar surface area (TPSA) is 39.1 Å². The first-order valence-corrected chi connectivity index (χ1v) is 7.23. The number of rotatable bonds is 8. The molecule has 0 amide bonds. The number of hydrogen-bond donors (Lipinski definition) is 1. The summed E-state index contributed by atoms with van der Waals surface area (Å²) in [6, 6.07) is 10.6. The Morgan fingerprint density at radius 1 is 1.35 bits per heavy atom. The lowest BCUT2D eigenvalue weighted by Gasteiger charge is -2.15. The van der Waals surface area contributed by atoms with Crippen LogP contribution >= 0.6 is 0 Å². The van der Waals surface area contributed by atoms with Gasteiger partial charge in [0.1, 0.15) is 12.4 Å². The molecule has 1 aromatic carbocycles. The highest BCUT2D eigenvalue weighted by Crippen LogP contribution is 2.19. The molecule has 0 aliphatic heterocycles. The van der Waals surface area contributed by atoms with Crippen LogP contribution in [0.4, 0.5) is 0 Å². The normalized spacial score (nSPS) is 12.3. The summed E-state index contributed by atoms with van der Waals surface area (Å²) in [7, 11) is 0. The van der Waals surface area contributed by atoms with Crippen LogP contribution in [-0.2, 0) is 6.54 Å². The third kappa shape index (κ3) is 4.38. The van der Waals surface area contributed by atoms with Crippen molar-refractivity contribution in [1.29, 1.82) is 0 Å². The van der Waals surface area contributed by atoms with Crippen LogP contribution in [0.5, 0.6) is 5.75 Å². The molecule has 0 aliphatic carbocycles. The fourth-order valence-electron chi connectivity index (χ4n) is 2.04. The second kappa shape index (κ2) is 7.70. The summed E-state index contributed by atoms with van der Waals surface area (Å²) in [4.78, 5) is 0. The number of aromatic nitrogens is 2. The summed E-state index contributed by atoms with van der Waals surface area (Å²) < 4.78 is 7.66. The zero-order chi connectivity index (χ0) is 14.2. The molecule has 0 bridgehead atoms. The molecular weight excluding hydrogens is 250 g/mol. The van der Waals surface area contributed by atoms with Crippen molar-refractivity contribution in [2.24, 2.45) is 0 Å². The van der Waals surface area contributed by atoms with E-state index in [0.717, 1.165) is 25.3 Å². The van der Waals surface area contributed by atoms with Crippen LogP contribution in [0, 0.1) is 0 Å². The highest BCUT2D eigenvalue weighted by atomic mass is 16.5. The fourth-order valence-corrected chi connectivity index (χ4v) is 2.04. The zero-order valence-corrected chi connectivity index (χ0v) is 12.2. The molecule has 1 aromatic heterocycles. The maximum absolute atomic E-state index is 5.79. The minimum Gasteiger partial charge on any atom is -0.492 e. The third-order valence-electron chi connectivity index (χ3n) is 3.21. The summed E-state index contributed by atoms with van der Waals surface area (Å²) in [5, 5.41) is 7.64. The molecule has 1 heterocycles. The Kier molecular flexibility index (Phi) is 5.62. The van der Waals surface area contributed by atoms with E-state index in [1.54, 1.807) is 6.20 Å². The van der Waals surface area contributed by atoms with E-state index in [9.17, 15) is 0 Å². The molecule has 1 atom stereocenters. The minimum absolute atomic E-state index is 0.351. The fraction of sp³-hybridized carbons (Fsp3) is 0.438. The van der Waals surface area contributed by atoms with Gasteiger partial charge < -0.3 is 10.1 Å². The average molecular weight is 273 g/mol. The SMILES string of the molecule is CCCNC(C)c1cccc(OCCn2cccn2)c1. The highest BCUT2D eigenvalue weighted by Gasteiger charge is 2.05. The largest absolute Gasteiger partial charge is 0.492 e. The molecule has 0 saturated heterocycles. The Balaban J connectivity index is 1.85. The average Bonchev–Trinajstić information content (AvgIpc) is 2.98. The molecule has 4 heteroatoms. The highest BCUT2D eigenvalue weighted by molar-refractivity contribution is 5.30. The van der Waals surface area contributed by atoms with Crippen molar-refractivity contribution in [2.75, 3.05) is 13.2 Å². The Bertz CT molecular complexity index is 496. The Morgan fingerprint density at radius 2 is 2.25 bits per heavy atom. The summed E-state index contributed by atoms with van der Waals surface area (Å²) in [6.07, 6.45) is 4.86. The van der Waals surface area contributed by atoms with Crippen LogP contribution in [-0.4, -0.2) is 22.9 Å². The predicted molar refractivity (Wildman–Crippen MR) is 80.9 cm³/mol. The van der Waals surface area contributed by atoms with Gasteiger partial charge in [0.2, 0.25) is 0 Å². The molecule has 4 nitrogen and oxygen atoms in total. The van der Waals surface area contributed by atoms with Crippen LogP contribution < -0.4 is 10.1 Å². The van der Waals surface area contributed by atoms with Crippen molar-refractivity contribution in [1.82, 2.24) is 15.1 Å². The smallest absolute Gasteiger partial charge is 0.119 e.